The van der Waals surface area contributed by atoms with Crippen LogP contribution in [0.25, 0.3) is 0 Å². The summed E-state index contributed by atoms with van der Waals surface area (Å²) in [5, 5.41) is 16.2. The lowest BCUT2D eigenvalue weighted by molar-refractivity contribution is -0.137. The van der Waals surface area contributed by atoms with E-state index in [0.717, 1.165) is 16.8 Å². The van der Waals surface area contributed by atoms with Crippen LogP contribution in [-0.4, -0.2) is 29.4 Å². The number of aryl methyl sites for hydroxylation is 1. The van der Waals surface area contributed by atoms with Gasteiger partial charge in [-0.15, -0.1) is 0 Å². The Bertz CT molecular complexity index is 828. The van der Waals surface area contributed by atoms with Gasteiger partial charge < -0.3 is 15.7 Å². The quantitative estimate of drug-likeness (QED) is 0.549. The van der Waals surface area contributed by atoms with Gasteiger partial charge in [0.15, 0.2) is 0 Å². The van der Waals surface area contributed by atoms with Crippen molar-refractivity contribution in [2.45, 2.75) is 25.2 Å². The Kier molecular flexibility index (Phi) is 5.02. The molecule has 134 valence electrons. The van der Waals surface area contributed by atoms with Crippen LogP contribution in [-0.2, 0) is 16.0 Å². The van der Waals surface area contributed by atoms with E-state index in [9.17, 15) is 9.59 Å². The number of benzene rings is 2. The highest BCUT2D eigenvalue weighted by molar-refractivity contribution is 5.98. The number of anilines is 1. The van der Waals surface area contributed by atoms with Crippen molar-refractivity contribution >= 4 is 23.4 Å². The predicted octanol–water partition coefficient (Wildman–Crippen LogP) is 2.51. The van der Waals surface area contributed by atoms with Gasteiger partial charge >= 0.3 is 5.97 Å². The Labute approximate surface area is 151 Å². The highest BCUT2D eigenvalue weighted by Crippen LogP contribution is 2.32. The van der Waals surface area contributed by atoms with Crippen LogP contribution in [0.4, 0.5) is 5.69 Å². The normalized spacial score (nSPS) is 16.7. The highest BCUT2D eigenvalue weighted by atomic mass is 16.4. The number of aliphatic carboxylic acids is 1. The van der Waals surface area contributed by atoms with Gasteiger partial charge in [-0.25, -0.2) is 0 Å². The first-order valence-corrected chi connectivity index (χ1v) is 8.49. The molecule has 6 heteroatoms. The number of nitrogens with two attached hydrogens (primary N) is 1. The van der Waals surface area contributed by atoms with Gasteiger partial charge in [-0.2, -0.15) is 0 Å². The zero-order valence-corrected chi connectivity index (χ0v) is 14.3. The van der Waals surface area contributed by atoms with Crippen molar-refractivity contribution in [3.63, 3.8) is 0 Å². The third kappa shape index (κ3) is 3.91. The number of rotatable bonds is 6. The number of amides is 1. The molecule has 2 aromatic rings. The van der Waals surface area contributed by atoms with E-state index in [4.69, 9.17) is 16.2 Å². The molecule has 1 saturated heterocycles. The number of nitrogens with one attached hydrogen (secondary N) is 1. The number of hydrogen-bond donors (Lipinski definition) is 3. The number of amidine groups is 1. The van der Waals surface area contributed by atoms with Gasteiger partial charge in [0.1, 0.15) is 5.84 Å². The molecule has 0 bridgehead atoms. The molecule has 0 radical (unpaired) electrons. The Morgan fingerprint density at radius 2 is 1.81 bits per heavy atom. The SMILES string of the molecule is N=C(N)c1ccc(N2CC(c3ccc(CCC(=O)O)cc3)CC2=O)cc1. The fraction of sp³-hybridized carbons (Fsp3) is 0.250. The highest BCUT2D eigenvalue weighted by Gasteiger charge is 2.31. The first-order valence-electron chi connectivity index (χ1n) is 8.49. The molecule has 4 N–H and O–H groups in total. The molecule has 1 unspecified atom stereocenters. The number of nitrogen functional groups attached to an aromatic ring is 1. The zero-order valence-electron chi connectivity index (χ0n) is 14.3. The number of nitrogens with zero attached hydrogens (tertiary/aromatic N) is 1. The van der Waals surface area contributed by atoms with E-state index in [2.05, 4.69) is 0 Å². The van der Waals surface area contributed by atoms with Crippen LogP contribution >= 0.6 is 0 Å². The monoisotopic (exact) mass is 351 g/mol. The molecule has 0 aliphatic carbocycles. The molecule has 2 aromatic carbocycles. The van der Waals surface area contributed by atoms with Gasteiger partial charge in [0.25, 0.3) is 0 Å². The smallest absolute Gasteiger partial charge is 0.303 e. The maximum Gasteiger partial charge on any atom is 0.303 e. The number of carboxylic acids is 1. The van der Waals surface area contributed by atoms with E-state index in [0.29, 0.717) is 24.9 Å². The second-order valence-corrected chi connectivity index (χ2v) is 6.50. The summed E-state index contributed by atoms with van der Waals surface area (Å²) >= 11 is 0. The Morgan fingerprint density at radius 1 is 1.15 bits per heavy atom. The molecule has 1 atom stereocenters. The van der Waals surface area contributed by atoms with Crippen LogP contribution in [0.5, 0.6) is 0 Å². The minimum atomic E-state index is -0.804. The van der Waals surface area contributed by atoms with Crippen LogP contribution in [0.1, 0.15) is 35.4 Å². The maximum absolute atomic E-state index is 12.4. The van der Waals surface area contributed by atoms with Gasteiger partial charge in [0.05, 0.1) is 0 Å². The van der Waals surface area contributed by atoms with Crippen molar-refractivity contribution in [3.05, 3.63) is 65.2 Å². The summed E-state index contributed by atoms with van der Waals surface area (Å²) in [5.74, 6) is -0.615. The molecule has 1 fully saturated rings. The predicted molar refractivity (Wildman–Crippen MR) is 99.6 cm³/mol. The van der Waals surface area contributed by atoms with Gasteiger partial charge in [0, 0.05) is 36.6 Å². The van der Waals surface area contributed by atoms with Crippen LogP contribution in [0.15, 0.2) is 48.5 Å². The summed E-state index contributed by atoms with van der Waals surface area (Å²) in [4.78, 5) is 24.8. The van der Waals surface area contributed by atoms with Gasteiger partial charge in [-0.1, -0.05) is 24.3 Å². The summed E-state index contributed by atoms with van der Waals surface area (Å²) in [6.07, 6.45) is 1.07. The van der Waals surface area contributed by atoms with Crippen molar-refractivity contribution in [1.82, 2.24) is 0 Å². The molecule has 1 aliphatic heterocycles. The second-order valence-electron chi connectivity index (χ2n) is 6.50. The first-order chi connectivity index (χ1) is 12.4. The molecule has 0 aromatic heterocycles. The van der Waals surface area contributed by atoms with E-state index in [-0.39, 0.29) is 24.1 Å². The molecule has 1 heterocycles. The van der Waals surface area contributed by atoms with Gasteiger partial charge in [0.2, 0.25) is 5.91 Å². The van der Waals surface area contributed by atoms with Crippen LogP contribution in [0, 0.1) is 5.41 Å². The van der Waals surface area contributed by atoms with E-state index in [1.165, 1.54) is 0 Å². The van der Waals surface area contributed by atoms with Crippen LogP contribution in [0.3, 0.4) is 0 Å². The largest absolute Gasteiger partial charge is 0.481 e. The summed E-state index contributed by atoms with van der Waals surface area (Å²) in [7, 11) is 0. The standard InChI is InChI=1S/C20H21N3O3/c21-20(22)15-6-8-17(9-7-15)23-12-16(11-18(23)24)14-4-1-13(2-5-14)3-10-19(25)26/h1-2,4-9,16H,3,10-12H2,(H3,21,22)(H,25,26). The summed E-state index contributed by atoms with van der Waals surface area (Å²) in [6, 6.07) is 15.0. The summed E-state index contributed by atoms with van der Waals surface area (Å²) in [6.45, 7) is 0.604. The van der Waals surface area contributed by atoms with Gasteiger partial charge in [-0.05, 0) is 41.8 Å². The molecular weight excluding hydrogens is 330 g/mol. The molecular formula is C20H21N3O3. The van der Waals surface area contributed by atoms with E-state index in [1.54, 1.807) is 17.0 Å². The summed E-state index contributed by atoms with van der Waals surface area (Å²) in [5.41, 5.74) is 8.97. The van der Waals surface area contributed by atoms with E-state index in [1.807, 2.05) is 36.4 Å². The maximum atomic E-state index is 12.4. The van der Waals surface area contributed by atoms with Crippen molar-refractivity contribution in [2.24, 2.45) is 5.73 Å². The Hall–Kier alpha value is -3.15. The summed E-state index contributed by atoms with van der Waals surface area (Å²) < 4.78 is 0. The van der Waals surface area contributed by atoms with Crippen molar-refractivity contribution in [1.29, 1.82) is 5.41 Å². The third-order valence-electron chi connectivity index (χ3n) is 4.69. The second kappa shape index (κ2) is 7.39. The number of carboxylic acid groups (broad SMARTS) is 1. The van der Waals surface area contributed by atoms with Crippen molar-refractivity contribution in [3.8, 4) is 0 Å². The molecule has 3 rings (SSSR count). The average molecular weight is 351 g/mol. The zero-order chi connectivity index (χ0) is 18.7. The Balaban J connectivity index is 1.69. The van der Waals surface area contributed by atoms with E-state index < -0.39 is 5.97 Å². The third-order valence-corrected chi connectivity index (χ3v) is 4.69. The van der Waals surface area contributed by atoms with Crippen molar-refractivity contribution in [2.75, 3.05) is 11.4 Å². The van der Waals surface area contributed by atoms with E-state index >= 15 is 0 Å². The number of hydrogen-bond acceptors (Lipinski definition) is 3. The topological polar surface area (TPSA) is 107 Å². The molecule has 26 heavy (non-hydrogen) atoms. The molecule has 0 spiro atoms. The van der Waals surface area contributed by atoms with Crippen LogP contribution < -0.4 is 10.6 Å². The lowest BCUT2D eigenvalue weighted by atomic mass is 9.96. The molecule has 1 aliphatic rings. The van der Waals surface area contributed by atoms with Crippen molar-refractivity contribution < 1.29 is 14.7 Å². The lowest BCUT2D eigenvalue weighted by Crippen LogP contribution is -2.24. The lowest BCUT2D eigenvalue weighted by Gasteiger charge is -2.17. The minimum absolute atomic E-state index is 0.00478. The number of carbonyl (C=O) groups excluding carboxylic acids is 1. The fourth-order valence-electron chi connectivity index (χ4n) is 3.21. The Morgan fingerprint density at radius 3 is 2.38 bits per heavy atom. The van der Waals surface area contributed by atoms with Crippen LogP contribution in [0.2, 0.25) is 0 Å². The van der Waals surface area contributed by atoms with Gasteiger partial charge in [-0.3, -0.25) is 15.0 Å². The molecule has 6 nitrogen and oxygen atoms in total. The minimum Gasteiger partial charge on any atom is -0.481 e. The average Bonchev–Trinajstić information content (AvgIpc) is 3.02. The first kappa shape index (κ1) is 17.7. The molecule has 1 amide bonds. The molecule has 0 saturated carbocycles. The fourth-order valence-corrected chi connectivity index (χ4v) is 3.21. The number of carbonyl (C=O) groups is 2.